The van der Waals surface area contributed by atoms with Crippen molar-refractivity contribution in [3.8, 4) is 0 Å². The zero-order valence-corrected chi connectivity index (χ0v) is 7.91. The van der Waals surface area contributed by atoms with E-state index in [1.54, 1.807) is 6.92 Å². The molecule has 0 aromatic rings. The highest BCUT2D eigenvalue weighted by atomic mass is 19.4. The maximum absolute atomic E-state index is 11.7. The van der Waals surface area contributed by atoms with Crippen molar-refractivity contribution in [3.63, 3.8) is 0 Å². The maximum Gasteiger partial charge on any atom is 0.389 e. The predicted molar refractivity (Wildman–Crippen MR) is 46.9 cm³/mol. The van der Waals surface area contributed by atoms with E-state index in [4.69, 9.17) is 0 Å². The molecule has 5 heteroatoms. The summed E-state index contributed by atoms with van der Waals surface area (Å²) in [5.74, 6) is 0. The molecular formula is C8H15F3N2. The molecule has 0 unspecified atom stereocenters. The third-order valence-corrected chi connectivity index (χ3v) is 1.48. The molecule has 0 aliphatic carbocycles. The first kappa shape index (κ1) is 12.4. The molecule has 0 bridgehead atoms. The first-order valence-corrected chi connectivity index (χ1v) is 4.23. The first-order chi connectivity index (χ1) is 5.95. The number of nitrogens with zero attached hydrogens (tertiary/aromatic N) is 1. The molecule has 0 aliphatic heterocycles. The Morgan fingerprint density at radius 3 is 2.46 bits per heavy atom. The molecule has 0 aromatic carbocycles. The van der Waals surface area contributed by atoms with E-state index >= 15 is 0 Å². The number of rotatable bonds is 5. The molecule has 78 valence electrons. The lowest BCUT2D eigenvalue weighted by Crippen LogP contribution is -2.14. The highest BCUT2D eigenvalue weighted by Crippen LogP contribution is 2.21. The van der Waals surface area contributed by atoms with Crippen LogP contribution in [0, 0.1) is 0 Å². The van der Waals surface area contributed by atoms with Crippen LogP contribution in [0.2, 0.25) is 0 Å². The van der Waals surface area contributed by atoms with Crippen LogP contribution in [0.25, 0.3) is 0 Å². The molecule has 0 aliphatic rings. The lowest BCUT2D eigenvalue weighted by molar-refractivity contribution is -0.132. The van der Waals surface area contributed by atoms with Gasteiger partial charge >= 0.3 is 6.18 Å². The SMILES string of the molecule is CCNC/N=C(\C)CCC(F)(F)F. The van der Waals surface area contributed by atoms with Crippen LogP contribution in [0.3, 0.4) is 0 Å². The van der Waals surface area contributed by atoms with Gasteiger partial charge in [0.25, 0.3) is 0 Å². The average Bonchev–Trinajstić information content (AvgIpc) is 2.00. The molecule has 0 saturated heterocycles. The molecule has 0 aromatic heterocycles. The number of halogens is 3. The highest BCUT2D eigenvalue weighted by molar-refractivity contribution is 5.81. The topological polar surface area (TPSA) is 24.4 Å². The van der Waals surface area contributed by atoms with Gasteiger partial charge in [0.15, 0.2) is 0 Å². The first-order valence-electron chi connectivity index (χ1n) is 4.23. The molecule has 0 heterocycles. The van der Waals surface area contributed by atoms with Gasteiger partial charge < -0.3 is 0 Å². The van der Waals surface area contributed by atoms with Gasteiger partial charge in [-0.15, -0.1) is 0 Å². The van der Waals surface area contributed by atoms with Crippen molar-refractivity contribution in [3.05, 3.63) is 0 Å². The molecule has 0 rings (SSSR count). The molecule has 0 saturated carbocycles. The van der Waals surface area contributed by atoms with Crippen LogP contribution in [0.5, 0.6) is 0 Å². The minimum Gasteiger partial charge on any atom is -0.299 e. The summed E-state index contributed by atoms with van der Waals surface area (Å²) in [6.07, 6.45) is -4.86. The molecule has 2 nitrogen and oxygen atoms in total. The summed E-state index contributed by atoms with van der Waals surface area (Å²) in [5, 5.41) is 2.91. The Morgan fingerprint density at radius 1 is 1.38 bits per heavy atom. The van der Waals surface area contributed by atoms with Crippen molar-refractivity contribution in [2.24, 2.45) is 4.99 Å². The zero-order valence-electron chi connectivity index (χ0n) is 7.91. The monoisotopic (exact) mass is 196 g/mol. The molecule has 0 amide bonds. The molecule has 0 atom stereocenters. The second-order valence-electron chi connectivity index (χ2n) is 2.77. The predicted octanol–water partition coefficient (Wildman–Crippen LogP) is 2.36. The van der Waals surface area contributed by atoms with E-state index in [2.05, 4.69) is 10.3 Å². The summed E-state index contributed by atoms with van der Waals surface area (Å²) in [5.41, 5.74) is 0.540. The fourth-order valence-corrected chi connectivity index (χ4v) is 0.704. The maximum atomic E-state index is 11.7. The molecule has 1 N–H and O–H groups in total. The van der Waals surface area contributed by atoms with E-state index in [0.29, 0.717) is 12.4 Å². The normalized spacial score (nSPS) is 13.5. The third kappa shape index (κ3) is 9.33. The van der Waals surface area contributed by atoms with Crippen LogP contribution >= 0.6 is 0 Å². The summed E-state index contributed by atoms with van der Waals surface area (Å²) >= 11 is 0. The molecule has 13 heavy (non-hydrogen) atoms. The number of hydrogen-bond donors (Lipinski definition) is 1. The summed E-state index contributed by atoms with van der Waals surface area (Å²) in [7, 11) is 0. The Kier molecular flexibility index (Phi) is 5.70. The van der Waals surface area contributed by atoms with Gasteiger partial charge in [-0.25, -0.2) is 0 Å². The molecule has 0 radical (unpaired) electrons. The fraction of sp³-hybridized carbons (Fsp3) is 0.875. The lowest BCUT2D eigenvalue weighted by Gasteiger charge is -2.05. The Balaban J connectivity index is 3.61. The number of hydrogen-bond acceptors (Lipinski definition) is 2. The van der Waals surface area contributed by atoms with Gasteiger partial charge in [0.2, 0.25) is 0 Å². The van der Waals surface area contributed by atoms with Gasteiger partial charge in [-0.3, -0.25) is 10.3 Å². The number of nitrogens with one attached hydrogen (secondary N) is 1. The van der Waals surface area contributed by atoms with Gasteiger partial charge in [0.05, 0.1) is 6.67 Å². The standard InChI is InChI=1S/C8H15F3N2/c1-3-12-6-13-7(2)4-5-8(9,10)11/h12H,3-6H2,1-2H3/b13-7+. The van der Waals surface area contributed by atoms with Crippen molar-refractivity contribution >= 4 is 5.71 Å². The fourth-order valence-electron chi connectivity index (χ4n) is 0.704. The smallest absolute Gasteiger partial charge is 0.299 e. The summed E-state index contributed by atoms with van der Waals surface area (Å²) in [6, 6.07) is 0. The highest BCUT2D eigenvalue weighted by Gasteiger charge is 2.26. The van der Waals surface area contributed by atoms with Crippen LogP contribution in [0.15, 0.2) is 4.99 Å². The Morgan fingerprint density at radius 2 is 2.00 bits per heavy atom. The van der Waals surface area contributed by atoms with Crippen LogP contribution in [0.4, 0.5) is 13.2 Å². The quantitative estimate of drug-likeness (QED) is 0.529. The summed E-state index contributed by atoms with van der Waals surface area (Å²) in [4.78, 5) is 3.92. The second-order valence-corrected chi connectivity index (χ2v) is 2.77. The van der Waals surface area contributed by atoms with Crippen molar-refractivity contribution in [1.82, 2.24) is 5.32 Å². The number of aliphatic imine (C=N–C) groups is 1. The average molecular weight is 196 g/mol. The van der Waals surface area contributed by atoms with Gasteiger partial charge in [0, 0.05) is 12.1 Å². The van der Waals surface area contributed by atoms with E-state index in [9.17, 15) is 13.2 Å². The zero-order chi connectivity index (χ0) is 10.3. The van der Waals surface area contributed by atoms with Crippen molar-refractivity contribution in [2.75, 3.05) is 13.2 Å². The van der Waals surface area contributed by atoms with Gasteiger partial charge in [-0.05, 0) is 19.9 Å². The minimum absolute atomic E-state index is 0.00507. The Bertz CT molecular complexity index is 163. The number of alkyl halides is 3. The van der Waals surface area contributed by atoms with E-state index in [1.165, 1.54) is 0 Å². The van der Waals surface area contributed by atoms with Crippen LogP contribution in [0.1, 0.15) is 26.7 Å². The van der Waals surface area contributed by atoms with Crippen molar-refractivity contribution < 1.29 is 13.2 Å². The van der Waals surface area contributed by atoms with Crippen LogP contribution in [-0.4, -0.2) is 25.1 Å². The van der Waals surface area contributed by atoms with E-state index < -0.39 is 12.6 Å². The molecule has 0 fully saturated rings. The Labute approximate surface area is 76.2 Å². The van der Waals surface area contributed by atoms with E-state index in [0.717, 1.165) is 6.54 Å². The third-order valence-electron chi connectivity index (χ3n) is 1.48. The van der Waals surface area contributed by atoms with E-state index in [1.807, 2.05) is 6.92 Å². The van der Waals surface area contributed by atoms with Crippen LogP contribution in [-0.2, 0) is 0 Å². The van der Waals surface area contributed by atoms with Gasteiger partial charge in [0.1, 0.15) is 0 Å². The van der Waals surface area contributed by atoms with Gasteiger partial charge in [-0.1, -0.05) is 6.92 Å². The van der Waals surface area contributed by atoms with Crippen LogP contribution < -0.4 is 5.32 Å². The van der Waals surface area contributed by atoms with Gasteiger partial charge in [-0.2, -0.15) is 13.2 Å². The lowest BCUT2D eigenvalue weighted by atomic mass is 10.2. The minimum atomic E-state index is -4.07. The van der Waals surface area contributed by atoms with E-state index in [-0.39, 0.29) is 6.42 Å². The molecule has 0 spiro atoms. The Hall–Kier alpha value is -0.580. The van der Waals surface area contributed by atoms with Crippen molar-refractivity contribution in [2.45, 2.75) is 32.9 Å². The largest absolute Gasteiger partial charge is 0.389 e. The molecular weight excluding hydrogens is 181 g/mol. The second kappa shape index (κ2) is 5.96. The summed E-state index contributed by atoms with van der Waals surface area (Å²) < 4.78 is 35.2. The summed E-state index contributed by atoms with van der Waals surface area (Å²) in [6.45, 7) is 4.71. The van der Waals surface area contributed by atoms with Crippen molar-refractivity contribution in [1.29, 1.82) is 0 Å².